The Bertz CT molecular complexity index is 988. The van der Waals surface area contributed by atoms with Crippen molar-refractivity contribution in [2.75, 3.05) is 32.7 Å². The second-order valence-corrected chi connectivity index (χ2v) is 11.3. The Morgan fingerprint density at radius 3 is 2.23 bits per heavy atom. The standard InChI is InChI=1S/C30H41F2N3.2C2H6/c1-22-6-5-15-35(20-22)23(2)28-12-9-25(18-29(28)31)26-8-11-27(33-19-26)10-7-24-13-16-34(17-14-24)21-30(3,4)32;2*1-2/h8-9,11-12,18-19,22,24H,2,5-7,10,13-17,20-21H2,1,3-4H3;2*1-2H3. The largest absolute Gasteiger partial charge is 0.371 e. The van der Waals surface area contributed by atoms with E-state index in [2.05, 4.69) is 34.4 Å². The van der Waals surface area contributed by atoms with Crippen molar-refractivity contribution in [1.82, 2.24) is 14.8 Å². The number of halogens is 2. The third-order valence-corrected chi connectivity index (χ3v) is 7.59. The summed E-state index contributed by atoms with van der Waals surface area (Å²) in [6, 6.07) is 9.55. The normalized spacial score (nSPS) is 18.5. The fourth-order valence-electron chi connectivity index (χ4n) is 5.59. The molecule has 5 heteroatoms. The predicted molar refractivity (Wildman–Crippen MR) is 164 cm³/mol. The van der Waals surface area contributed by atoms with Gasteiger partial charge in [-0.3, -0.25) is 4.98 Å². The summed E-state index contributed by atoms with van der Waals surface area (Å²) in [5.41, 5.74) is 3.10. The highest BCUT2D eigenvalue weighted by molar-refractivity contribution is 5.69. The molecule has 2 aromatic rings. The highest BCUT2D eigenvalue weighted by atomic mass is 19.1. The summed E-state index contributed by atoms with van der Waals surface area (Å²) in [6.45, 7) is 22.1. The zero-order valence-electron chi connectivity index (χ0n) is 25.7. The fraction of sp³-hybridized carbons (Fsp3) is 0.618. The van der Waals surface area contributed by atoms with E-state index in [0.29, 0.717) is 23.9 Å². The number of likely N-dealkylation sites (tertiary alicyclic amines) is 2. The molecule has 3 nitrogen and oxygen atoms in total. The monoisotopic (exact) mass is 541 g/mol. The Balaban J connectivity index is 0.00000127. The molecule has 1 unspecified atom stereocenters. The molecule has 218 valence electrons. The highest BCUT2D eigenvalue weighted by Crippen LogP contribution is 2.30. The van der Waals surface area contributed by atoms with Crippen LogP contribution >= 0.6 is 0 Å². The first-order chi connectivity index (χ1) is 18.7. The first kappa shape index (κ1) is 32.9. The Kier molecular flexibility index (Phi) is 13.6. The molecule has 1 aromatic carbocycles. The number of hydrogen-bond donors (Lipinski definition) is 0. The number of aromatic nitrogens is 1. The van der Waals surface area contributed by atoms with Crippen LogP contribution in [0.15, 0.2) is 43.1 Å². The number of alkyl halides is 1. The molecule has 39 heavy (non-hydrogen) atoms. The van der Waals surface area contributed by atoms with Gasteiger partial charge in [0, 0.05) is 48.3 Å². The average Bonchev–Trinajstić information content (AvgIpc) is 2.94. The van der Waals surface area contributed by atoms with Gasteiger partial charge in [-0.2, -0.15) is 0 Å². The van der Waals surface area contributed by atoms with Gasteiger partial charge in [-0.15, -0.1) is 0 Å². The molecule has 0 N–H and O–H groups in total. The summed E-state index contributed by atoms with van der Waals surface area (Å²) in [6.07, 6.45) is 8.53. The number of rotatable bonds is 8. The van der Waals surface area contributed by atoms with Crippen LogP contribution in [0.1, 0.15) is 91.8 Å². The molecule has 2 saturated heterocycles. The van der Waals surface area contributed by atoms with Crippen molar-refractivity contribution in [3.8, 4) is 11.1 Å². The minimum atomic E-state index is -1.12. The van der Waals surface area contributed by atoms with E-state index in [-0.39, 0.29) is 5.82 Å². The molecule has 1 atom stereocenters. The molecule has 3 heterocycles. The summed E-state index contributed by atoms with van der Waals surface area (Å²) < 4.78 is 28.9. The summed E-state index contributed by atoms with van der Waals surface area (Å²) in [7, 11) is 0. The van der Waals surface area contributed by atoms with Gasteiger partial charge in [0.1, 0.15) is 11.5 Å². The van der Waals surface area contributed by atoms with E-state index in [1.54, 1.807) is 19.9 Å². The molecule has 1 aromatic heterocycles. The smallest absolute Gasteiger partial charge is 0.133 e. The Hall–Kier alpha value is -2.27. The van der Waals surface area contributed by atoms with Gasteiger partial charge in [0.25, 0.3) is 0 Å². The molecule has 0 amide bonds. The predicted octanol–water partition coefficient (Wildman–Crippen LogP) is 9.04. The van der Waals surface area contributed by atoms with Gasteiger partial charge in [-0.1, -0.05) is 53.3 Å². The molecule has 0 saturated carbocycles. The van der Waals surface area contributed by atoms with Crippen molar-refractivity contribution >= 4 is 5.70 Å². The van der Waals surface area contributed by atoms with E-state index in [4.69, 9.17) is 0 Å². The van der Waals surface area contributed by atoms with Crippen molar-refractivity contribution in [2.24, 2.45) is 11.8 Å². The van der Waals surface area contributed by atoms with Gasteiger partial charge >= 0.3 is 0 Å². The van der Waals surface area contributed by atoms with Gasteiger partial charge in [0.05, 0.1) is 0 Å². The van der Waals surface area contributed by atoms with E-state index in [9.17, 15) is 4.39 Å². The maximum Gasteiger partial charge on any atom is 0.133 e. The van der Waals surface area contributed by atoms with Gasteiger partial charge in [-0.25, -0.2) is 8.78 Å². The lowest BCUT2D eigenvalue weighted by Gasteiger charge is -2.34. The Morgan fingerprint density at radius 2 is 1.67 bits per heavy atom. The topological polar surface area (TPSA) is 19.4 Å². The molecule has 2 aliphatic heterocycles. The van der Waals surface area contributed by atoms with E-state index in [1.807, 2.05) is 52.1 Å². The Morgan fingerprint density at radius 1 is 1.00 bits per heavy atom. The van der Waals surface area contributed by atoms with Crippen LogP contribution in [-0.2, 0) is 6.42 Å². The molecule has 0 bridgehead atoms. The number of aryl methyl sites for hydroxylation is 1. The molecule has 0 radical (unpaired) electrons. The number of benzene rings is 1. The maximum atomic E-state index is 15.0. The maximum absolute atomic E-state index is 15.0. The van der Waals surface area contributed by atoms with E-state index in [1.165, 1.54) is 6.42 Å². The lowest BCUT2D eigenvalue weighted by molar-refractivity contribution is 0.0942. The van der Waals surface area contributed by atoms with Gasteiger partial charge < -0.3 is 9.80 Å². The van der Waals surface area contributed by atoms with Gasteiger partial charge in [0.15, 0.2) is 0 Å². The van der Waals surface area contributed by atoms with Crippen LogP contribution < -0.4 is 0 Å². The van der Waals surface area contributed by atoms with Gasteiger partial charge in [0.2, 0.25) is 0 Å². The minimum absolute atomic E-state index is 0.225. The van der Waals surface area contributed by atoms with Crippen LogP contribution in [0.4, 0.5) is 8.78 Å². The molecule has 2 fully saturated rings. The fourth-order valence-corrected chi connectivity index (χ4v) is 5.59. The molecular weight excluding hydrogens is 488 g/mol. The molecule has 0 aliphatic carbocycles. The van der Waals surface area contributed by atoms with E-state index < -0.39 is 5.67 Å². The summed E-state index contributed by atoms with van der Waals surface area (Å²) >= 11 is 0. The summed E-state index contributed by atoms with van der Waals surface area (Å²) in [4.78, 5) is 9.13. The van der Waals surface area contributed by atoms with Crippen molar-refractivity contribution in [2.45, 2.75) is 92.7 Å². The lowest BCUT2D eigenvalue weighted by Crippen LogP contribution is -2.41. The van der Waals surface area contributed by atoms with Crippen molar-refractivity contribution < 1.29 is 8.78 Å². The van der Waals surface area contributed by atoms with Crippen molar-refractivity contribution in [1.29, 1.82) is 0 Å². The highest BCUT2D eigenvalue weighted by Gasteiger charge is 2.25. The second-order valence-electron chi connectivity index (χ2n) is 11.3. The average molecular weight is 542 g/mol. The first-order valence-electron chi connectivity index (χ1n) is 15.3. The second kappa shape index (κ2) is 16.1. The number of hydrogen-bond acceptors (Lipinski definition) is 3. The number of nitrogens with zero attached hydrogens (tertiary/aromatic N) is 3. The van der Waals surface area contributed by atoms with Crippen molar-refractivity contribution in [3.05, 3.63) is 60.2 Å². The SMILES string of the molecule is C=C(c1ccc(-c2ccc(CCC3CCN(CC(C)(C)F)CC3)nc2)cc1F)N1CCCC(C)C1.CC.CC. The van der Waals surface area contributed by atoms with Crippen LogP contribution in [0.2, 0.25) is 0 Å². The number of pyridine rings is 1. The molecule has 0 spiro atoms. The Labute approximate surface area is 237 Å². The number of piperidine rings is 2. The lowest BCUT2D eigenvalue weighted by atomic mass is 9.91. The molecule has 2 aliphatic rings. The van der Waals surface area contributed by atoms with Crippen LogP contribution in [0.5, 0.6) is 0 Å². The van der Waals surface area contributed by atoms with Crippen LogP contribution in [0.3, 0.4) is 0 Å². The van der Waals surface area contributed by atoms with E-state index >= 15 is 4.39 Å². The third kappa shape index (κ3) is 10.3. The quantitative estimate of drug-likeness (QED) is 0.332. The first-order valence-corrected chi connectivity index (χ1v) is 15.3. The van der Waals surface area contributed by atoms with Crippen LogP contribution in [0, 0.1) is 17.7 Å². The van der Waals surface area contributed by atoms with Crippen LogP contribution in [0.25, 0.3) is 16.8 Å². The minimum Gasteiger partial charge on any atom is -0.371 e. The zero-order valence-corrected chi connectivity index (χ0v) is 25.7. The molecular formula is C34H53F2N3. The zero-order chi connectivity index (χ0) is 29.0. The van der Waals surface area contributed by atoms with Crippen LogP contribution in [-0.4, -0.2) is 53.2 Å². The van der Waals surface area contributed by atoms with Gasteiger partial charge in [-0.05, 0) is 101 Å². The van der Waals surface area contributed by atoms with Crippen molar-refractivity contribution in [3.63, 3.8) is 0 Å². The third-order valence-electron chi connectivity index (χ3n) is 7.59. The molecule has 4 rings (SSSR count). The van der Waals surface area contributed by atoms with E-state index in [0.717, 1.165) is 80.8 Å². The summed E-state index contributed by atoms with van der Waals surface area (Å²) in [5.74, 6) is 1.07. The summed E-state index contributed by atoms with van der Waals surface area (Å²) in [5, 5.41) is 0.